The van der Waals surface area contributed by atoms with Crippen LogP contribution in [0.15, 0.2) is 46.9 Å². The average molecular weight is 463 g/mol. The van der Waals surface area contributed by atoms with Crippen LogP contribution in [-0.2, 0) is 11.2 Å². The number of alkyl halides is 3. The second-order valence-corrected chi connectivity index (χ2v) is 7.45. The van der Waals surface area contributed by atoms with Crippen LogP contribution in [0.2, 0.25) is 0 Å². The third kappa shape index (κ3) is 5.92. The quantitative estimate of drug-likeness (QED) is 0.316. The highest BCUT2D eigenvalue weighted by Gasteiger charge is 2.38. The Labute approximate surface area is 188 Å². The van der Waals surface area contributed by atoms with Gasteiger partial charge in [-0.2, -0.15) is 13.2 Å². The number of benzene rings is 2. The van der Waals surface area contributed by atoms with Gasteiger partial charge in [-0.05, 0) is 48.9 Å². The molecule has 1 aromatic heterocycles. The molecule has 0 atom stereocenters. The minimum atomic E-state index is -5.03. The van der Waals surface area contributed by atoms with Crippen LogP contribution in [0.1, 0.15) is 47.9 Å². The fourth-order valence-corrected chi connectivity index (χ4v) is 3.29. The van der Waals surface area contributed by atoms with Gasteiger partial charge in [-0.1, -0.05) is 13.3 Å². The summed E-state index contributed by atoms with van der Waals surface area (Å²) in [4.78, 5) is 24.7. The fraction of sp³-hybridized carbons (Fsp3) is 0.333. The number of anilines is 1. The van der Waals surface area contributed by atoms with Crippen molar-refractivity contribution in [2.45, 2.75) is 38.8 Å². The average Bonchev–Trinajstić information content (AvgIpc) is 3.14. The molecule has 9 heteroatoms. The summed E-state index contributed by atoms with van der Waals surface area (Å²) in [6, 6.07) is 10.5. The number of ketones is 1. The van der Waals surface area contributed by atoms with E-state index in [1.807, 2.05) is 12.2 Å². The zero-order valence-corrected chi connectivity index (χ0v) is 18.0. The molecule has 0 bridgehead atoms. The Balaban J connectivity index is 1.96. The topological polar surface area (TPSA) is 88.8 Å². The number of aliphatic hydroxyl groups excluding tert-OH is 1. The summed E-state index contributed by atoms with van der Waals surface area (Å²) in [7, 11) is 0. The molecule has 0 saturated heterocycles. The highest BCUT2D eigenvalue weighted by molar-refractivity contribution is 6.17. The number of halogens is 3. The number of ether oxygens (including phenoxy) is 1. The van der Waals surface area contributed by atoms with E-state index in [2.05, 4.69) is 0 Å². The van der Waals surface area contributed by atoms with E-state index >= 15 is 0 Å². The number of carbonyl (C=O) groups excluding carboxylic acids is 2. The molecule has 176 valence electrons. The number of aliphatic hydroxyl groups is 1. The number of hydrogen-bond donors (Lipinski definition) is 2. The Hall–Kier alpha value is -3.33. The number of rotatable bonds is 10. The van der Waals surface area contributed by atoms with Gasteiger partial charge in [-0.25, -0.2) is 0 Å². The summed E-state index contributed by atoms with van der Waals surface area (Å²) < 4.78 is 49.3. The summed E-state index contributed by atoms with van der Waals surface area (Å²) in [6.07, 6.45) is -2.45. The van der Waals surface area contributed by atoms with Gasteiger partial charge in [0.15, 0.2) is 5.78 Å². The fourth-order valence-electron chi connectivity index (χ4n) is 3.29. The second-order valence-electron chi connectivity index (χ2n) is 7.45. The Bertz CT molecular complexity index is 1120. The lowest BCUT2D eigenvalue weighted by molar-refractivity contribution is -0.167. The molecule has 0 saturated carbocycles. The molecule has 1 heterocycles. The highest BCUT2D eigenvalue weighted by Crippen LogP contribution is 2.32. The van der Waals surface area contributed by atoms with Crippen molar-refractivity contribution in [2.24, 2.45) is 0 Å². The molecule has 0 unspecified atom stereocenters. The Morgan fingerprint density at radius 3 is 2.45 bits per heavy atom. The summed E-state index contributed by atoms with van der Waals surface area (Å²) in [5.41, 5.74) is 0.873. The molecule has 2 N–H and O–H groups in total. The first-order valence-electron chi connectivity index (χ1n) is 10.6. The molecule has 0 aliphatic heterocycles. The lowest BCUT2D eigenvalue weighted by Gasteiger charge is -2.08. The van der Waals surface area contributed by atoms with Gasteiger partial charge in [0.05, 0.1) is 12.2 Å². The summed E-state index contributed by atoms with van der Waals surface area (Å²) in [5, 5.41) is 11.0. The first-order valence-corrected chi connectivity index (χ1v) is 10.6. The van der Waals surface area contributed by atoms with E-state index in [9.17, 15) is 22.8 Å². The number of nitrogens with one attached hydrogen (secondary N) is 1. The largest absolute Gasteiger partial charge is 0.494 e. The molecule has 0 spiro atoms. The number of fused-ring (bicyclic) bond motifs is 1. The van der Waals surface area contributed by atoms with Gasteiger partial charge in [-0.15, -0.1) is 0 Å². The van der Waals surface area contributed by atoms with Crippen LogP contribution in [0.3, 0.4) is 0 Å². The van der Waals surface area contributed by atoms with Gasteiger partial charge in [0, 0.05) is 36.1 Å². The van der Waals surface area contributed by atoms with Gasteiger partial charge in [0.25, 0.3) is 0 Å². The van der Waals surface area contributed by atoms with Gasteiger partial charge in [0.2, 0.25) is 0 Å². The van der Waals surface area contributed by atoms with Crippen molar-refractivity contribution >= 4 is 28.3 Å². The molecule has 0 radical (unpaired) electrons. The number of amides is 1. The van der Waals surface area contributed by atoms with Crippen molar-refractivity contribution in [3.63, 3.8) is 0 Å². The number of furan rings is 1. The van der Waals surface area contributed by atoms with Crippen molar-refractivity contribution in [3.8, 4) is 5.75 Å². The van der Waals surface area contributed by atoms with E-state index in [0.717, 1.165) is 12.8 Å². The Morgan fingerprint density at radius 1 is 1.09 bits per heavy atom. The highest BCUT2D eigenvalue weighted by atomic mass is 19.4. The van der Waals surface area contributed by atoms with Crippen LogP contribution in [0.5, 0.6) is 5.75 Å². The molecule has 0 aliphatic rings. The molecular weight excluding hydrogens is 439 g/mol. The van der Waals surface area contributed by atoms with E-state index in [-0.39, 0.29) is 23.6 Å². The Kier molecular flexibility index (Phi) is 7.75. The standard InChI is InChI=1S/C24H24F3NO5/c1-2-3-5-20-21(22(30)15-6-9-17(10-7-15)32-13-4-12-29)18-14-16(8-11-19(18)33-20)28-23(31)24(25,26)27/h6-11,14,29H,2-5,12-13H2,1H3,(H,28,31). The van der Waals surface area contributed by atoms with Crippen molar-refractivity contribution in [2.75, 3.05) is 18.5 Å². The van der Waals surface area contributed by atoms with Gasteiger partial charge in [-0.3, -0.25) is 9.59 Å². The molecule has 0 fully saturated rings. The molecule has 3 rings (SSSR count). The molecule has 0 aliphatic carbocycles. The Morgan fingerprint density at radius 2 is 1.82 bits per heavy atom. The molecule has 33 heavy (non-hydrogen) atoms. The minimum absolute atomic E-state index is 0.0100. The van der Waals surface area contributed by atoms with Gasteiger partial charge >= 0.3 is 12.1 Å². The first kappa shape index (κ1) is 24.3. The maximum absolute atomic E-state index is 13.4. The zero-order valence-electron chi connectivity index (χ0n) is 18.0. The summed E-state index contributed by atoms with van der Waals surface area (Å²) in [6.45, 7) is 2.34. The second kappa shape index (κ2) is 10.5. The molecule has 2 aromatic carbocycles. The first-order chi connectivity index (χ1) is 15.7. The van der Waals surface area contributed by atoms with Crippen LogP contribution < -0.4 is 10.1 Å². The predicted octanol–water partition coefficient (Wildman–Crippen LogP) is 5.27. The SMILES string of the molecule is CCCCc1oc2ccc(NC(=O)C(F)(F)F)cc2c1C(=O)c1ccc(OCCCO)cc1. The minimum Gasteiger partial charge on any atom is -0.494 e. The van der Waals surface area contributed by atoms with Gasteiger partial charge in [0.1, 0.15) is 17.1 Å². The summed E-state index contributed by atoms with van der Waals surface area (Å²) >= 11 is 0. The van der Waals surface area contributed by atoms with Crippen molar-refractivity contribution < 1.29 is 37.0 Å². The van der Waals surface area contributed by atoms with Crippen molar-refractivity contribution in [3.05, 3.63) is 59.4 Å². The van der Waals surface area contributed by atoms with Crippen molar-refractivity contribution in [1.29, 1.82) is 0 Å². The molecule has 6 nitrogen and oxygen atoms in total. The van der Waals surface area contributed by atoms with Crippen LogP contribution in [0, 0.1) is 0 Å². The zero-order chi connectivity index (χ0) is 24.0. The van der Waals surface area contributed by atoms with E-state index in [4.69, 9.17) is 14.3 Å². The molecule has 1 amide bonds. The predicted molar refractivity (Wildman–Crippen MR) is 117 cm³/mol. The van der Waals surface area contributed by atoms with E-state index in [1.54, 1.807) is 24.3 Å². The van der Waals surface area contributed by atoms with Crippen molar-refractivity contribution in [1.82, 2.24) is 0 Å². The number of carbonyl (C=O) groups is 2. The number of aryl methyl sites for hydroxylation is 1. The lowest BCUT2D eigenvalue weighted by atomic mass is 9.98. The lowest BCUT2D eigenvalue weighted by Crippen LogP contribution is -2.29. The smallest absolute Gasteiger partial charge is 0.471 e. The third-order valence-corrected chi connectivity index (χ3v) is 4.95. The van der Waals surface area contributed by atoms with Crippen LogP contribution >= 0.6 is 0 Å². The third-order valence-electron chi connectivity index (χ3n) is 4.95. The van der Waals surface area contributed by atoms with Crippen LogP contribution in [0.4, 0.5) is 18.9 Å². The van der Waals surface area contributed by atoms with E-state index in [1.165, 1.54) is 18.2 Å². The van der Waals surface area contributed by atoms with Gasteiger partial charge < -0.3 is 19.6 Å². The molecular formula is C24H24F3NO5. The maximum Gasteiger partial charge on any atom is 0.471 e. The monoisotopic (exact) mass is 463 g/mol. The number of unbranched alkanes of at least 4 members (excludes halogenated alkanes) is 1. The number of hydrogen-bond acceptors (Lipinski definition) is 5. The normalized spacial score (nSPS) is 11.5. The molecule has 3 aromatic rings. The van der Waals surface area contributed by atoms with Crippen LogP contribution in [-0.4, -0.2) is 36.2 Å². The maximum atomic E-state index is 13.4. The van der Waals surface area contributed by atoms with E-state index in [0.29, 0.717) is 47.5 Å². The summed E-state index contributed by atoms with van der Waals surface area (Å²) in [5.74, 6) is -1.46. The van der Waals surface area contributed by atoms with E-state index < -0.39 is 12.1 Å². The van der Waals surface area contributed by atoms with Crippen LogP contribution in [0.25, 0.3) is 11.0 Å².